The van der Waals surface area contributed by atoms with Crippen LogP contribution >= 0.6 is 22.9 Å². The van der Waals surface area contributed by atoms with Crippen LogP contribution in [0.1, 0.15) is 23.3 Å². The lowest BCUT2D eigenvalue weighted by Gasteiger charge is -2.17. The van der Waals surface area contributed by atoms with Crippen LogP contribution in [0, 0.1) is 13.8 Å². The second kappa shape index (κ2) is 4.10. The van der Waals surface area contributed by atoms with Crippen LogP contribution < -0.4 is 4.90 Å². The maximum atomic E-state index is 6.02. The summed E-state index contributed by atoms with van der Waals surface area (Å²) in [6.07, 6.45) is 2.48. The minimum Gasteiger partial charge on any atom is -0.356 e. The van der Waals surface area contributed by atoms with Gasteiger partial charge in [0, 0.05) is 18.0 Å². The van der Waals surface area contributed by atoms with Crippen molar-refractivity contribution in [3.8, 4) is 0 Å². The van der Waals surface area contributed by atoms with Gasteiger partial charge in [0.25, 0.3) is 0 Å². The first-order valence-corrected chi connectivity index (χ1v) is 7.04. The van der Waals surface area contributed by atoms with Gasteiger partial charge in [-0.25, -0.2) is 4.98 Å². The Morgan fingerprint density at radius 1 is 1.18 bits per heavy atom. The molecule has 0 atom stereocenters. The summed E-state index contributed by atoms with van der Waals surface area (Å²) in [4.78, 5) is 13.4. The Labute approximate surface area is 109 Å². The second-order valence-electron chi connectivity index (χ2n) is 4.47. The van der Waals surface area contributed by atoms with E-state index in [-0.39, 0.29) is 0 Å². The molecule has 90 valence electrons. The molecule has 0 saturated carbocycles. The van der Waals surface area contributed by atoms with Gasteiger partial charge in [-0.05, 0) is 43.9 Å². The molecule has 1 aliphatic heterocycles. The van der Waals surface area contributed by atoms with E-state index in [0.717, 1.165) is 23.7 Å². The Kier molecular flexibility index (Phi) is 2.71. The number of nitrogens with zero attached hydrogens (tertiary/aromatic N) is 3. The quantitative estimate of drug-likeness (QED) is 0.740. The number of halogens is 1. The standard InChI is InChI=1S/C12H14ClN3S/c1-7-8(2)17-11-9(7)10(14-12(13)15-11)16-5-3-4-6-16/h3-6H2,1-2H3. The van der Waals surface area contributed by atoms with Gasteiger partial charge in [-0.2, -0.15) is 4.98 Å². The maximum absolute atomic E-state index is 6.02. The largest absolute Gasteiger partial charge is 0.356 e. The topological polar surface area (TPSA) is 29.0 Å². The van der Waals surface area contributed by atoms with Crippen LogP contribution in [0.25, 0.3) is 10.2 Å². The molecule has 0 N–H and O–H groups in total. The Bertz CT molecular complexity index is 573. The molecule has 0 bridgehead atoms. The van der Waals surface area contributed by atoms with Crippen molar-refractivity contribution in [3.05, 3.63) is 15.7 Å². The van der Waals surface area contributed by atoms with Gasteiger partial charge in [0.15, 0.2) is 0 Å². The molecule has 0 aliphatic carbocycles. The van der Waals surface area contributed by atoms with E-state index in [1.165, 1.54) is 28.7 Å². The van der Waals surface area contributed by atoms with Crippen molar-refractivity contribution in [1.29, 1.82) is 0 Å². The summed E-state index contributed by atoms with van der Waals surface area (Å²) in [5.74, 6) is 1.03. The fourth-order valence-corrected chi connectivity index (χ4v) is 3.60. The molecular weight excluding hydrogens is 254 g/mol. The summed E-state index contributed by atoms with van der Waals surface area (Å²) in [6.45, 7) is 6.43. The first-order valence-electron chi connectivity index (χ1n) is 5.85. The van der Waals surface area contributed by atoms with Crippen molar-refractivity contribution in [3.63, 3.8) is 0 Å². The zero-order valence-electron chi connectivity index (χ0n) is 9.96. The number of aromatic nitrogens is 2. The number of rotatable bonds is 1. The molecule has 0 spiro atoms. The van der Waals surface area contributed by atoms with Crippen LogP contribution in [0.2, 0.25) is 5.28 Å². The average molecular weight is 268 g/mol. The van der Waals surface area contributed by atoms with E-state index in [1.807, 2.05) is 0 Å². The van der Waals surface area contributed by atoms with E-state index < -0.39 is 0 Å². The lowest BCUT2D eigenvalue weighted by molar-refractivity contribution is 0.939. The maximum Gasteiger partial charge on any atom is 0.225 e. The van der Waals surface area contributed by atoms with Crippen LogP contribution in [0.15, 0.2) is 0 Å². The lowest BCUT2D eigenvalue weighted by Crippen LogP contribution is -2.19. The Morgan fingerprint density at radius 3 is 2.59 bits per heavy atom. The molecule has 3 nitrogen and oxygen atoms in total. The monoisotopic (exact) mass is 267 g/mol. The summed E-state index contributed by atoms with van der Waals surface area (Å²) < 4.78 is 0. The highest BCUT2D eigenvalue weighted by atomic mass is 35.5. The van der Waals surface area contributed by atoms with Crippen LogP contribution in [0.3, 0.4) is 0 Å². The van der Waals surface area contributed by atoms with Crippen molar-refractivity contribution in [2.75, 3.05) is 18.0 Å². The SMILES string of the molecule is Cc1sc2nc(Cl)nc(N3CCCC3)c2c1C. The van der Waals surface area contributed by atoms with E-state index in [2.05, 4.69) is 28.7 Å². The molecule has 1 saturated heterocycles. The number of aryl methyl sites for hydroxylation is 2. The Hall–Kier alpha value is -0.870. The molecule has 1 fully saturated rings. The summed E-state index contributed by atoms with van der Waals surface area (Å²) >= 11 is 7.73. The number of thiophene rings is 1. The third kappa shape index (κ3) is 1.79. The van der Waals surface area contributed by atoms with Crippen molar-refractivity contribution >= 4 is 39.0 Å². The van der Waals surface area contributed by atoms with Gasteiger partial charge in [-0.1, -0.05) is 0 Å². The molecule has 0 radical (unpaired) electrons. The smallest absolute Gasteiger partial charge is 0.225 e. The van der Waals surface area contributed by atoms with Crippen molar-refractivity contribution in [1.82, 2.24) is 9.97 Å². The fraction of sp³-hybridized carbons (Fsp3) is 0.500. The van der Waals surface area contributed by atoms with E-state index in [0.29, 0.717) is 5.28 Å². The molecule has 2 aromatic heterocycles. The van der Waals surface area contributed by atoms with Crippen LogP contribution in [0.4, 0.5) is 5.82 Å². The van der Waals surface area contributed by atoms with Crippen LogP contribution in [-0.4, -0.2) is 23.1 Å². The van der Waals surface area contributed by atoms with Gasteiger partial charge in [0.1, 0.15) is 10.6 Å². The van der Waals surface area contributed by atoms with Crippen LogP contribution in [0.5, 0.6) is 0 Å². The summed E-state index contributed by atoms with van der Waals surface area (Å²) in [5.41, 5.74) is 1.29. The van der Waals surface area contributed by atoms with E-state index in [9.17, 15) is 0 Å². The third-order valence-electron chi connectivity index (χ3n) is 3.39. The molecule has 0 unspecified atom stereocenters. The lowest BCUT2D eigenvalue weighted by atomic mass is 10.2. The molecule has 2 aromatic rings. The second-order valence-corrected chi connectivity index (χ2v) is 6.02. The predicted octanol–water partition coefficient (Wildman–Crippen LogP) is 3.56. The number of hydrogen-bond donors (Lipinski definition) is 0. The van der Waals surface area contributed by atoms with E-state index in [1.54, 1.807) is 11.3 Å². The highest BCUT2D eigenvalue weighted by Gasteiger charge is 2.20. The molecule has 0 aromatic carbocycles. The van der Waals surface area contributed by atoms with Gasteiger partial charge < -0.3 is 4.90 Å². The number of anilines is 1. The molecule has 17 heavy (non-hydrogen) atoms. The van der Waals surface area contributed by atoms with Gasteiger partial charge >= 0.3 is 0 Å². The fourth-order valence-electron chi connectivity index (χ4n) is 2.36. The molecule has 1 aliphatic rings. The van der Waals surface area contributed by atoms with E-state index >= 15 is 0 Å². The summed E-state index contributed by atoms with van der Waals surface area (Å²) in [5, 5.41) is 1.56. The molecule has 0 amide bonds. The van der Waals surface area contributed by atoms with Crippen LogP contribution in [-0.2, 0) is 0 Å². The molecule has 3 rings (SSSR count). The van der Waals surface area contributed by atoms with Gasteiger partial charge in [-0.3, -0.25) is 0 Å². The number of hydrogen-bond acceptors (Lipinski definition) is 4. The van der Waals surface area contributed by atoms with Gasteiger partial charge in [-0.15, -0.1) is 11.3 Å². The van der Waals surface area contributed by atoms with Gasteiger partial charge in [0.05, 0.1) is 5.39 Å². The summed E-state index contributed by atoms with van der Waals surface area (Å²) in [7, 11) is 0. The first kappa shape index (κ1) is 11.2. The normalized spacial score (nSPS) is 16.1. The average Bonchev–Trinajstić information content (AvgIpc) is 2.88. The minimum absolute atomic E-state index is 0.362. The van der Waals surface area contributed by atoms with Crippen molar-refractivity contribution in [2.45, 2.75) is 26.7 Å². The highest BCUT2D eigenvalue weighted by Crippen LogP contribution is 2.36. The zero-order chi connectivity index (χ0) is 12.0. The predicted molar refractivity (Wildman–Crippen MR) is 73.3 cm³/mol. The molecule has 3 heterocycles. The summed E-state index contributed by atoms with van der Waals surface area (Å²) in [6, 6.07) is 0. The minimum atomic E-state index is 0.362. The molecule has 5 heteroatoms. The zero-order valence-corrected chi connectivity index (χ0v) is 11.5. The number of fused-ring (bicyclic) bond motifs is 1. The van der Waals surface area contributed by atoms with E-state index in [4.69, 9.17) is 11.6 Å². The molecular formula is C12H14ClN3S. The Balaban J connectivity index is 2.27. The van der Waals surface area contributed by atoms with Gasteiger partial charge in [0.2, 0.25) is 5.28 Å². The third-order valence-corrected chi connectivity index (χ3v) is 4.66. The van der Waals surface area contributed by atoms with Crippen molar-refractivity contribution in [2.24, 2.45) is 0 Å². The Morgan fingerprint density at radius 2 is 1.88 bits per heavy atom. The van der Waals surface area contributed by atoms with Crippen molar-refractivity contribution < 1.29 is 0 Å². The highest BCUT2D eigenvalue weighted by molar-refractivity contribution is 7.18. The first-order chi connectivity index (χ1) is 8.16.